The summed E-state index contributed by atoms with van der Waals surface area (Å²) in [7, 11) is 0. The van der Waals surface area contributed by atoms with Crippen LogP contribution in [0.1, 0.15) is 56.5 Å². The average molecular weight is 431 g/mol. The second-order valence-corrected chi connectivity index (χ2v) is 8.51. The first-order valence-corrected chi connectivity index (χ1v) is 10.7. The Kier molecular flexibility index (Phi) is 6.87. The molecule has 0 fully saturated rings. The molecule has 0 atom stereocenters. The first-order valence-electron chi connectivity index (χ1n) is 10.7. The van der Waals surface area contributed by atoms with Crippen molar-refractivity contribution in [2.45, 2.75) is 59.1 Å². The Balaban J connectivity index is 1.84. The van der Waals surface area contributed by atoms with Crippen molar-refractivity contribution in [2.75, 3.05) is 19.8 Å². The number of rotatable bonds is 6. The van der Waals surface area contributed by atoms with Gasteiger partial charge in [-0.05, 0) is 64.7 Å². The van der Waals surface area contributed by atoms with Crippen molar-refractivity contribution >= 4 is 23.0 Å². The molecule has 0 bridgehead atoms. The predicted octanol–water partition coefficient (Wildman–Crippen LogP) is 3.42. The molecule has 0 saturated carbocycles. The van der Waals surface area contributed by atoms with Gasteiger partial charge >= 0.3 is 12.1 Å². The number of alkyl carbamates (subject to hydrolysis) is 1. The molecule has 0 saturated heterocycles. The zero-order valence-corrected chi connectivity index (χ0v) is 18.6. The van der Waals surface area contributed by atoms with Crippen LogP contribution in [-0.2, 0) is 22.4 Å². The van der Waals surface area contributed by atoms with Gasteiger partial charge in [0.25, 0.3) is 0 Å². The van der Waals surface area contributed by atoms with E-state index < -0.39 is 17.7 Å². The molecule has 8 nitrogen and oxygen atoms in total. The number of carbonyl (C=O) groups is 2. The Hall–Kier alpha value is -3.03. The summed E-state index contributed by atoms with van der Waals surface area (Å²) < 4.78 is 18.1. The van der Waals surface area contributed by atoms with Gasteiger partial charge in [0.15, 0.2) is 0 Å². The zero-order valence-electron chi connectivity index (χ0n) is 18.6. The minimum atomic E-state index is -0.614. The molecule has 2 heterocycles. The summed E-state index contributed by atoms with van der Waals surface area (Å²) in [5.74, 6) is 0.0226. The van der Waals surface area contributed by atoms with Crippen LogP contribution in [0.15, 0.2) is 23.1 Å². The minimum absolute atomic E-state index is 0.0333. The van der Waals surface area contributed by atoms with Crippen LogP contribution in [-0.4, -0.2) is 42.0 Å². The van der Waals surface area contributed by atoms with Crippen LogP contribution in [0.2, 0.25) is 0 Å². The zero-order chi connectivity index (χ0) is 22.6. The van der Waals surface area contributed by atoms with Gasteiger partial charge in [-0.1, -0.05) is 0 Å². The second kappa shape index (κ2) is 9.41. The van der Waals surface area contributed by atoms with Crippen molar-refractivity contribution in [3.8, 4) is 5.75 Å². The number of benzene rings is 1. The molecule has 168 valence electrons. The molecular weight excluding hydrogens is 400 g/mol. The quantitative estimate of drug-likeness (QED) is 0.557. The lowest BCUT2D eigenvalue weighted by molar-refractivity contribution is 0.0515. The Morgan fingerprint density at radius 1 is 1.26 bits per heavy atom. The molecule has 8 heteroatoms. The van der Waals surface area contributed by atoms with Crippen LogP contribution in [0.3, 0.4) is 0 Å². The SMILES string of the molecule is CCOC(=O)c1cn2c3c(cc(CCCNC(=O)OC(C)(C)C)cc3c1=O)OCCC2. The number of ether oxygens (including phenoxy) is 3. The first-order chi connectivity index (χ1) is 14.7. The molecule has 2 aromatic rings. The summed E-state index contributed by atoms with van der Waals surface area (Å²) in [5.41, 5.74) is 0.736. The van der Waals surface area contributed by atoms with E-state index in [4.69, 9.17) is 14.2 Å². The molecule has 0 unspecified atom stereocenters. The fourth-order valence-electron chi connectivity index (χ4n) is 3.56. The summed E-state index contributed by atoms with van der Waals surface area (Å²) in [6.07, 6.45) is 3.18. The standard InChI is InChI=1S/C23H30N2O6/c1-5-29-21(27)17-14-25-10-7-11-30-18-13-15(12-16(19(18)25)20(17)26)8-6-9-24-22(28)31-23(2,3)4/h12-14H,5-11H2,1-4H3,(H,24,28). The van der Waals surface area contributed by atoms with Gasteiger partial charge in [-0.2, -0.15) is 0 Å². The normalized spacial score (nSPS) is 13.3. The molecular formula is C23H30N2O6. The highest BCUT2D eigenvalue weighted by Gasteiger charge is 2.21. The van der Waals surface area contributed by atoms with Crippen molar-refractivity contribution < 1.29 is 23.8 Å². The summed E-state index contributed by atoms with van der Waals surface area (Å²) in [5, 5.41) is 3.18. The highest BCUT2D eigenvalue weighted by Crippen LogP contribution is 2.29. The maximum atomic E-state index is 13.1. The number of nitrogens with one attached hydrogen (secondary N) is 1. The van der Waals surface area contributed by atoms with Crippen LogP contribution in [0, 0.1) is 0 Å². The summed E-state index contributed by atoms with van der Waals surface area (Å²) in [6.45, 7) is 8.97. The smallest absolute Gasteiger partial charge is 0.407 e. The maximum absolute atomic E-state index is 13.1. The van der Waals surface area contributed by atoms with E-state index in [1.54, 1.807) is 13.1 Å². The summed E-state index contributed by atoms with van der Waals surface area (Å²) in [6, 6.07) is 3.74. The van der Waals surface area contributed by atoms with Crippen LogP contribution < -0.4 is 15.5 Å². The van der Waals surface area contributed by atoms with Gasteiger partial charge in [-0.15, -0.1) is 0 Å². The number of carbonyl (C=O) groups excluding carboxylic acids is 2. The van der Waals surface area contributed by atoms with Gasteiger partial charge in [0, 0.05) is 19.3 Å². The van der Waals surface area contributed by atoms with Crippen LogP contribution in [0.4, 0.5) is 4.79 Å². The minimum Gasteiger partial charge on any atom is -0.491 e. The number of hydrogen-bond donors (Lipinski definition) is 1. The van der Waals surface area contributed by atoms with E-state index in [9.17, 15) is 14.4 Å². The Labute approximate surface area is 181 Å². The molecule has 0 radical (unpaired) electrons. The highest BCUT2D eigenvalue weighted by atomic mass is 16.6. The van der Waals surface area contributed by atoms with Gasteiger partial charge in [-0.3, -0.25) is 4.79 Å². The largest absolute Gasteiger partial charge is 0.491 e. The van der Waals surface area contributed by atoms with Crippen molar-refractivity contribution in [3.05, 3.63) is 39.7 Å². The van der Waals surface area contributed by atoms with E-state index in [-0.39, 0.29) is 17.6 Å². The lowest BCUT2D eigenvalue weighted by Gasteiger charge is -2.19. The topological polar surface area (TPSA) is 95.9 Å². The van der Waals surface area contributed by atoms with E-state index >= 15 is 0 Å². The predicted molar refractivity (Wildman–Crippen MR) is 117 cm³/mol. The highest BCUT2D eigenvalue weighted by molar-refractivity contribution is 5.95. The molecule has 1 aromatic carbocycles. The third kappa shape index (κ3) is 5.57. The van der Waals surface area contributed by atoms with Crippen molar-refractivity contribution in [2.24, 2.45) is 0 Å². The van der Waals surface area contributed by atoms with Crippen molar-refractivity contribution in [1.82, 2.24) is 9.88 Å². The molecule has 3 rings (SSSR count). The number of aryl methyl sites for hydroxylation is 2. The fraction of sp³-hybridized carbons (Fsp3) is 0.522. The van der Waals surface area contributed by atoms with E-state index in [1.165, 1.54) is 0 Å². The Morgan fingerprint density at radius 2 is 2.03 bits per heavy atom. The average Bonchev–Trinajstić information content (AvgIpc) is 2.89. The lowest BCUT2D eigenvalue weighted by atomic mass is 10.0. The number of pyridine rings is 1. The van der Waals surface area contributed by atoms with Crippen LogP contribution in [0.5, 0.6) is 5.75 Å². The Bertz CT molecular complexity index is 1040. The third-order valence-corrected chi connectivity index (χ3v) is 4.80. The molecule has 0 spiro atoms. The van der Waals surface area contributed by atoms with E-state index in [1.807, 2.05) is 37.5 Å². The number of aromatic nitrogens is 1. The molecule has 1 aliphatic heterocycles. The lowest BCUT2D eigenvalue weighted by Crippen LogP contribution is -2.33. The third-order valence-electron chi connectivity index (χ3n) is 4.80. The summed E-state index contributed by atoms with van der Waals surface area (Å²) in [4.78, 5) is 37.2. The van der Waals surface area contributed by atoms with Crippen molar-refractivity contribution in [3.63, 3.8) is 0 Å². The van der Waals surface area contributed by atoms with Gasteiger partial charge in [0.2, 0.25) is 5.43 Å². The van der Waals surface area contributed by atoms with E-state index in [0.29, 0.717) is 49.2 Å². The molecule has 1 amide bonds. The maximum Gasteiger partial charge on any atom is 0.407 e. The number of amides is 1. The van der Waals surface area contributed by atoms with E-state index in [2.05, 4.69) is 5.32 Å². The van der Waals surface area contributed by atoms with Gasteiger partial charge in [-0.25, -0.2) is 9.59 Å². The number of hydrogen-bond acceptors (Lipinski definition) is 6. The van der Waals surface area contributed by atoms with Crippen molar-refractivity contribution in [1.29, 1.82) is 0 Å². The summed E-state index contributed by atoms with van der Waals surface area (Å²) >= 11 is 0. The monoisotopic (exact) mass is 430 g/mol. The van der Waals surface area contributed by atoms with Gasteiger partial charge < -0.3 is 24.1 Å². The first kappa shape index (κ1) is 22.7. The molecule has 1 N–H and O–H groups in total. The molecule has 31 heavy (non-hydrogen) atoms. The Morgan fingerprint density at radius 3 is 2.74 bits per heavy atom. The second-order valence-electron chi connectivity index (χ2n) is 8.51. The number of nitrogens with zero attached hydrogens (tertiary/aromatic N) is 1. The fourth-order valence-corrected chi connectivity index (χ4v) is 3.56. The van der Waals surface area contributed by atoms with Crippen LogP contribution >= 0.6 is 0 Å². The molecule has 1 aliphatic rings. The van der Waals surface area contributed by atoms with Gasteiger partial charge in [0.05, 0.1) is 24.1 Å². The van der Waals surface area contributed by atoms with E-state index in [0.717, 1.165) is 12.0 Å². The molecule has 0 aliphatic carbocycles. The van der Waals surface area contributed by atoms with Crippen LogP contribution in [0.25, 0.3) is 10.9 Å². The van der Waals surface area contributed by atoms with Gasteiger partial charge in [0.1, 0.15) is 16.9 Å². The number of esters is 1. The molecule has 1 aromatic heterocycles.